The molecule has 4 heteroatoms. The van der Waals surface area contributed by atoms with Crippen LogP contribution >= 0.6 is 11.6 Å². The summed E-state index contributed by atoms with van der Waals surface area (Å²) in [6.07, 6.45) is 0. The average molecular weight is 254 g/mol. The third-order valence-corrected chi connectivity index (χ3v) is 3.16. The number of hydrogen-bond donors (Lipinski definition) is 0. The summed E-state index contributed by atoms with van der Waals surface area (Å²) < 4.78 is 5.34. The molecule has 0 radical (unpaired) electrons. The monoisotopic (exact) mass is 253 g/mol. The summed E-state index contributed by atoms with van der Waals surface area (Å²) >= 11 is 5.69. The summed E-state index contributed by atoms with van der Waals surface area (Å²) in [6.45, 7) is 4.49. The van der Waals surface area contributed by atoms with Crippen molar-refractivity contribution in [3.05, 3.63) is 34.9 Å². The van der Waals surface area contributed by atoms with E-state index >= 15 is 0 Å². The van der Waals surface area contributed by atoms with Crippen molar-refractivity contribution in [2.24, 2.45) is 0 Å². The van der Waals surface area contributed by atoms with Gasteiger partial charge in [-0.15, -0.1) is 11.6 Å². The molecule has 1 amide bonds. The number of nitrogens with zero attached hydrogens (tertiary/aromatic N) is 1. The summed E-state index contributed by atoms with van der Waals surface area (Å²) in [5.74, 6) is 0.510. The van der Waals surface area contributed by atoms with Crippen molar-refractivity contribution in [3.63, 3.8) is 0 Å². The Kier molecular flexibility index (Phi) is 4.02. The van der Waals surface area contributed by atoms with Gasteiger partial charge >= 0.3 is 0 Å². The molecule has 1 heterocycles. The van der Waals surface area contributed by atoms with E-state index in [1.54, 1.807) is 4.90 Å². The number of alkyl halides is 1. The average Bonchev–Trinajstić information content (AvgIpc) is 2.82. The Morgan fingerprint density at radius 3 is 2.88 bits per heavy atom. The molecule has 0 spiro atoms. The summed E-state index contributed by atoms with van der Waals surface area (Å²) in [6, 6.07) is 5.78. The Bertz CT molecular complexity index is 420. The standard InChI is InChI=1S/C13H16ClNO2/c1-2-15(6-5-14)13(16)10-3-4-11-8-17-9-12(11)7-10/h3-4,7H,2,5-6,8-9H2,1H3. The highest BCUT2D eigenvalue weighted by atomic mass is 35.5. The lowest BCUT2D eigenvalue weighted by Gasteiger charge is -2.19. The fourth-order valence-corrected chi connectivity index (χ4v) is 2.20. The molecular weight excluding hydrogens is 238 g/mol. The summed E-state index contributed by atoms with van der Waals surface area (Å²) in [4.78, 5) is 13.9. The lowest BCUT2D eigenvalue weighted by molar-refractivity contribution is 0.0774. The van der Waals surface area contributed by atoms with Gasteiger partial charge < -0.3 is 9.64 Å². The fourth-order valence-electron chi connectivity index (χ4n) is 1.99. The number of amides is 1. The Balaban J connectivity index is 2.19. The first kappa shape index (κ1) is 12.4. The first-order valence-electron chi connectivity index (χ1n) is 5.81. The van der Waals surface area contributed by atoms with Crippen LogP contribution in [0.3, 0.4) is 0 Å². The van der Waals surface area contributed by atoms with E-state index in [1.807, 2.05) is 25.1 Å². The van der Waals surface area contributed by atoms with Crippen molar-refractivity contribution in [1.29, 1.82) is 0 Å². The number of carbonyl (C=O) groups is 1. The lowest BCUT2D eigenvalue weighted by Crippen LogP contribution is -2.32. The topological polar surface area (TPSA) is 29.5 Å². The number of halogens is 1. The zero-order valence-corrected chi connectivity index (χ0v) is 10.7. The van der Waals surface area contributed by atoms with E-state index in [0.29, 0.717) is 32.2 Å². The molecule has 0 saturated heterocycles. The predicted octanol–water partition coefficient (Wildman–Crippen LogP) is 2.42. The Labute approximate surface area is 106 Å². The molecule has 0 N–H and O–H groups in total. The number of hydrogen-bond acceptors (Lipinski definition) is 2. The van der Waals surface area contributed by atoms with Crippen LogP contribution < -0.4 is 0 Å². The molecule has 1 aliphatic heterocycles. The van der Waals surface area contributed by atoms with Gasteiger partial charge in [-0.3, -0.25) is 4.79 Å². The minimum atomic E-state index is 0.0443. The van der Waals surface area contributed by atoms with E-state index in [1.165, 1.54) is 5.56 Å². The van der Waals surface area contributed by atoms with E-state index in [2.05, 4.69) is 0 Å². The van der Waals surface area contributed by atoms with Gasteiger partial charge in [0.05, 0.1) is 13.2 Å². The van der Waals surface area contributed by atoms with Crippen molar-refractivity contribution in [1.82, 2.24) is 4.90 Å². The van der Waals surface area contributed by atoms with E-state index in [0.717, 1.165) is 11.1 Å². The van der Waals surface area contributed by atoms with Gasteiger partial charge in [-0.05, 0) is 30.2 Å². The molecule has 0 unspecified atom stereocenters. The summed E-state index contributed by atoms with van der Waals surface area (Å²) in [5.41, 5.74) is 3.03. The van der Waals surface area contributed by atoms with Crippen LogP contribution in [0.5, 0.6) is 0 Å². The van der Waals surface area contributed by atoms with Crippen molar-refractivity contribution < 1.29 is 9.53 Å². The van der Waals surface area contributed by atoms with Crippen molar-refractivity contribution in [3.8, 4) is 0 Å². The molecule has 0 bridgehead atoms. The molecule has 0 atom stereocenters. The summed E-state index contributed by atoms with van der Waals surface area (Å²) in [5, 5.41) is 0. The Morgan fingerprint density at radius 1 is 1.41 bits per heavy atom. The molecule has 0 saturated carbocycles. The van der Waals surface area contributed by atoms with Crippen LogP contribution in [0.1, 0.15) is 28.4 Å². The summed E-state index contributed by atoms with van der Waals surface area (Å²) in [7, 11) is 0. The van der Waals surface area contributed by atoms with E-state index in [-0.39, 0.29) is 5.91 Å². The first-order valence-corrected chi connectivity index (χ1v) is 6.34. The minimum Gasteiger partial charge on any atom is -0.372 e. The van der Waals surface area contributed by atoms with Crippen LogP contribution in [-0.4, -0.2) is 29.8 Å². The SMILES string of the molecule is CCN(CCCl)C(=O)c1ccc2c(c1)COC2. The quantitative estimate of drug-likeness (QED) is 0.772. The molecule has 17 heavy (non-hydrogen) atoms. The van der Waals surface area contributed by atoms with E-state index in [4.69, 9.17) is 16.3 Å². The van der Waals surface area contributed by atoms with Crippen LogP contribution in [0.4, 0.5) is 0 Å². The Hall–Kier alpha value is -1.06. The second kappa shape index (κ2) is 5.52. The van der Waals surface area contributed by atoms with Crippen molar-refractivity contribution >= 4 is 17.5 Å². The number of fused-ring (bicyclic) bond motifs is 1. The lowest BCUT2D eigenvalue weighted by atomic mass is 10.1. The fraction of sp³-hybridized carbons (Fsp3) is 0.462. The highest BCUT2D eigenvalue weighted by Crippen LogP contribution is 2.21. The van der Waals surface area contributed by atoms with Crippen LogP contribution in [0, 0.1) is 0 Å². The van der Waals surface area contributed by atoms with Gasteiger partial charge in [0.25, 0.3) is 5.91 Å². The predicted molar refractivity (Wildman–Crippen MR) is 67.2 cm³/mol. The van der Waals surface area contributed by atoms with Gasteiger partial charge in [-0.1, -0.05) is 6.07 Å². The molecule has 0 aliphatic carbocycles. The number of ether oxygens (including phenoxy) is 1. The zero-order valence-electron chi connectivity index (χ0n) is 9.91. The van der Waals surface area contributed by atoms with Crippen LogP contribution in [-0.2, 0) is 18.0 Å². The van der Waals surface area contributed by atoms with Crippen LogP contribution in [0.2, 0.25) is 0 Å². The number of carbonyl (C=O) groups excluding carboxylic acids is 1. The van der Waals surface area contributed by atoms with Gasteiger partial charge in [-0.2, -0.15) is 0 Å². The molecule has 1 aromatic carbocycles. The first-order chi connectivity index (χ1) is 8.26. The molecule has 1 aliphatic rings. The third-order valence-electron chi connectivity index (χ3n) is 2.99. The normalized spacial score (nSPS) is 13.5. The smallest absolute Gasteiger partial charge is 0.253 e. The maximum Gasteiger partial charge on any atom is 0.253 e. The highest BCUT2D eigenvalue weighted by Gasteiger charge is 2.17. The largest absolute Gasteiger partial charge is 0.372 e. The Morgan fingerprint density at radius 2 is 2.18 bits per heavy atom. The van der Waals surface area contributed by atoms with E-state index in [9.17, 15) is 4.79 Å². The maximum absolute atomic E-state index is 12.2. The van der Waals surface area contributed by atoms with Gasteiger partial charge in [0.15, 0.2) is 0 Å². The van der Waals surface area contributed by atoms with Crippen LogP contribution in [0.25, 0.3) is 0 Å². The van der Waals surface area contributed by atoms with Gasteiger partial charge in [0.2, 0.25) is 0 Å². The van der Waals surface area contributed by atoms with E-state index < -0.39 is 0 Å². The second-order valence-electron chi connectivity index (χ2n) is 4.05. The molecule has 92 valence electrons. The third kappa shape index (κ3) is 2.61. The molecule has 0 fully saturated rings. The minimum absolute atomic E-state index is 0.0443. The molecule has 0 aromatic heterocycles. The molecular formula is C13H16ClNO2. The molecule has 3 nitrogen and oxygen atoms in total. The van der Waals surface area contributed by atoms with Gasteiger partial charge in [0, 0.05) is 24.5 Å². The number of benzene rings is 1. The van der Waals surface area contributed by atoms with Crippen molar-refractivity contribution in [2.45, 2.75) is 20.1 Å². The molecule has 1 aromatic rings. The van der Waals surface area contributed by atoms with Crippen molar-refractivity contribution in [2.75, 3.05) is 19.0 Å². The molecule has 2 rings (SSSR count). The van der Waals surface area contributed by atoms with Gasteiger partial charge in [0.1, 0.15) is 0 Å². The van der Waals surface area contributed by atoms with Crippen LogP contribution in [0.15, 0.2) is 18.2 Å². The zero-order chi connectivity index (χ0) is 12.3. The highest BCUT2D eigenvalue weighted by molar-refractivity contribution is 6.18. The number of rotatable bonds is 4. The maximum atomic E-state index is 12.2. The van der Waals surface area contributed by atoms with Gasteiger partial charge in [-0.25, -0.2) is 0 Å². The second-order valence-corrected chi connectivity index (χ2v) is 4.43.